The minimum atomic E-state index is -0.0944. The zero-order chi connectivity index (χ0) is 19.7. The molecule has 0 amide bonds. The summed E-state index contributed by atoms with van der Waals surface area (Å²) in [4.78, 5) is 32.8. The summed E-state index contributed by atoms with van der Waals surface area (Å²) in [5.41, 5.74) is 3.93. The first kappa shape index (κ1) is 17.3. The lowest BCUT2D eigenvalue weighted by atomic mass is 10.0. The first-order chi connectivity index (χ1) is 13.3. The van der Waals surface area contributed by atoms with E-state index in [9.17, 15) is 9.59 Å². The van der Waals surface area contributed by atoms with E-state index >= 15 is 0 Å². The highest BCUT2D eigenvalue weighted by molar-refractivity contribution is 6.31. The number of fused-ring (bicyclic) bond motifs is 4. The van der Waals surface area contributed by atoms with Gasteiger partial charge >= 0.3 is 0 Å². The lowest BCUT2D eigenvalue weighted by Gasteiger charge is -2.09. The van der Waals surface area contributed by atoms with Crippen LogP contribution in [0.5, 0.6) is 0 Å². The number of pyridine rings is 2. The van der Waals surface area contributed by atoms with E-state index < -0.39 is 0 Å². The van der Waals surface area contributed by atoms with Crippen LogP contribution in [0.3, 0.4) is 0 Å². The molecule has 0 bridgehead atoms. The fourth-order valence-corrected chi connectivity index (χ4v) is 4.57. The molecule has 3 aromatic carbocycles. The Morgan fingerprint density at radius 3 is 1.39 bits per heavy atom. The fraction of sp³-hybridized carbons (Fsp3) is 0.0909. The predicted molar refractivity (Wildman–Crippen MR) is 117 cm³/mol. The molecule has 0 aliphatic heterocycles. The second kappa shape index (κ2) is 5.84. The third-order valence-electron chi connectivity index (χ3n) is 5.24. The Labute approximate surface area is 168 Å². The molecule has 5 aromatic rings. The fourth-order valence-electron chi connectivity index (χ4n) is 4.03. The van der Waals surface area contributed by atoms with Crippen molar-refractivity contribution in [2.45, 2.75) is 13.8 Å². The second-order valence-electron chi connectivity index (χ2n) is 7.14. The summed E-state index contributed by atoms with van der Waals surface area (Å²) < 4.78 is 0. The first-order valence-electron chi connectivity index (χ1n) is 8.75. The molecular weight excluding hydrogens is 395 g/mol. The number of hydrogen-bond acceptors (Lipinski definition) is 2. The Morgan fingerprint density at radius 1 is 0.607 bits per heavy atom. The standard InChI is InChI=1S/C22H14Cl2N2O2/c1-9-3-11(23)5-17-19(9)21(27)13-7-16-14(8-15(13)25-17)22(28)20-10(2)4-12(24)6-18(20)26-16/h3-8H,1-2H3,(H,25,27)(H,26,28). The van der Waals surface area contributed by atoms with E-state index in [-0.39, 0.29) is 10.9 Å². The average Bonchev–Trinajstić information content (AvgIpc) is 2.60. The van der Waals surface area contributed by atoms with Crippen LogP contribution in [0.15, 0.2) is 46.0 Å². The highest BCUT2D eigenvalue weighted by Crippen LogP contribution is 2.26. The molecule has 5 rings (SSSR count). The van der Waals surface area contributed by atoms with Gasteiger partial charge in [0.15, 0.2) is 10.9 Å². The molecule has 0 unspecified atom stereocenters. The molecule has 2 heterocycles. The van der Waals surface area contributed by atoms with Crippen molar-refractivity contribution in [1.29, 1.82) is 0 Å². The largest absolute Gasteiger partial charge is 0.354 e. The average molecular weight is 409 g/mol. The number of rotatable bonds is 0. The van der Waals surface area contributed by atoms with Gasteiger partial charge in [-0.3, -0.25) is 9.59 Å². The number of benzene rings is 3. The normalized spacial score (nSPS) is 11.9. The molecule has 0 atom stereocenters. The molecule has 0 saturated heterocycles. The quantitative estimate of drug-likeness (QED) is 0.327. The summed E-state index contributed by atoms with van der Waals surface area (Å²) in [6.45, 7) is 3.72. The monoisotopic (exact) mass is 408 g/mol. The van der Waals surface area contributed by atoms with Gasteiger partial charge in [-0.1, -0.05) is 23.2 Å². The zero-order valence-corrected chi connectivity index (χ0v) is 16.5. The number of H-pyrrole nitrogens is 2. The molecule has 0 aliphatic rings. The van der Waals surface area contributed by atoms with E-state index in [0.29, 0.717) is 53.7 Å². The number of aromatic amines is 2. The SMILES string of the molecule is Cc1cc(Cl)cc2[nH]c3cc4c(=O)c5c(C)cc(Cl)cc5[nH]c4cc3c(=O)c12. The van der Waals surface area contributed by atoms with Crippen LogP contribution < -0.4 is 10.9 Å². The van der Waals surface area contributed by atoms with E-state index in [4.69, 9.17) is 23.2 Å². The topological polar surface area (TPSA) is 65.7 Å². The van der Waals surface area contributed by atoms with Gasteiger partial charge in [-0.25, -0.2) is 0 Å². The highest BCUT2D eigenvalue weighted by atomic mass is 35.5. The summed E-state index contributed by atoms with van der Waals surface area (Å²) in [5, 5.41) is 3.32. The summed E-state index contributed by atoms with van der Waals surface area (Å²) in [6.07, 6.45) is 0. The van der Waals surface area contributed by atoms with Crippen molar-refractivity contribution in [3.05, 3.63) is 78.0 Å². The minimum absolute atomic E-state index is 0.0944. The van der Waals surface area contributed by atoms with Crippen LogP contribution in [0.4, 0.5) is 0 Å². The van der Waals surface area contributed by atoms with Gasteiger partial charge < -0.3 is 9.97 Å². The second-order valence-corrected chi connectivity index (χ2v) is 8.01. The molecular formula is C22H14Cl2N2O2. The Morgan fingerprint density at radius 2 is 1.00 bits per heavy atom. The van der Waals surface area contributed by atoms with Crippen molar-refractivity contribution in [3.63, 3.8) is 0 Å². The lowest BCUT2D eigenvalue weighted by molar-refractivity contribution is 1.42. The molecule has 0 fully saturated rings. The molecule has 2 N–H and O–H groups in total. The van der Waals surface area contributed by atoms with Gasteiger partial charge in [0.25, 0.3) is 0 Å². The van der Waals surface area contributed by atoms with Crippen LogP contribution in [-0.2, 0) is 0 Å². The van der Waals surface area contributed by atoms with Gasteiger partial charge in [-0.15, -0.1) is 0 Å². The summed E-state index contributed by atoms with van der Waals surface area (Å²) >= 11 is 12.3. The summed E-state index contributed by atoms with van der Waals surface area (Å²) in [7, 11) is 0. The van der Waals surface area contributed by atoms with Gasteiger partial charge in [0.05, 0.1) is 22.1 Å². The third kappa shape index (κ3) is 2.38. The molecule has 0 saturated carbocycles. The molecule has 6 heteroatoms. The van der Waals surface area contributed by atoms with Gasteiger partial charge in [-0.05, 0) is 61.4 Å². The maximum atomic E-state index is 13.1. The highest BCUT2D eigenvalue weighted by Gasteiger charge is 2.14. The number of aromatic nitrogens is 2. The maximum absolute atomic E-state index is 13.1. The van der Waals surface area contributed by atoms with Crippen LogP contribution in [0.1, 0.15) is 11.1 Å². The van der Waals surface area contributed by atoms with Gasteiger partial charge in [0.1, 0.15) is 0 Å². The lowest BCUT2D eigenvalue weighted by Crippen LogP contribution is -2.09. The molecule has 2 aromatic heterocycles. The van der Waals surface area contributed by atoms with Crippen LogP contribution >= 0.6 is 23.2 Å². The van der Waals surface area contributed by atoms with Crippen LogP contribution in [-0.4, -0.2) is 9.97 Å². The number of nitrogens with one attached hydrogen (secondary N) is 2. The van der Waals surface area contributed by atoms with Crippen LogP contribution in [0.2, 0.25) is 10.0 Å². The molecule has 28 heavy (non-hydrogen) atoms. The smallest absolute Gasteiger partial charge is 0.197 e. The van der Waals surface area contributed by atoms with Gasteiger partial charge in [-0.2, -0.15) is 0 Å². The molecule has 0 spiro atoms. The first-order valence-corrected chi connectivity index (χ1v) is 9.51. The summed E-state index contributed by atoms with van der Waals surface area (Å²) in [5.74, 6) is 0. The Hall–Kier alpha value is -2.82. The van der Waals surface area contributed by atoms with E-state index in [0.717, 1.165) is 11.1 Å². The predicted octanol–water partition coefficient (Wildman–Crippen LogP) is 5.60. The van der Waals surface area contributed by atoms with E-state index in [2.05, 4.69) is 9.97 Å². The van der Waals surface area contributed by atoms with Crippen molar-refractivity contribution in [3.8, 4) is 0 Å². The number of aryl methyl sites for hydroxylation is 2. The Balaban J connectivity index is 2.02. The molecule has 138 valence electrons. The van der Waals surface area contributed by atoms with Crippen molar-refractivity contribution >= 4 is 66.8 Å². The van der Waals surface area contributed by atoms with Crippen molar-refractivity contribution < 1.29 is 0 Å². The number of hydrogen-bond donors (Lipinski definition) is 2. The van der Waals surface area contributed by atoms with E-state index in [1.165, 1.54) is 0 Å². The molecule has 4 nitrogen and oxygen atoms in total. The van der Waals surface area contributed by atoms with Crippen molar-refractivity contribution in [2.75, 3.05) is 0 Å². The Bertz CT molecular complexity index is 1480. The minimum Gasteiger partial charge on any atom is -0.354 e. The number of halogens is 2. The van der Waals surface area contributed by atoms with E-state index in [1.807, 2.05) is 13.8 Å². The van der Waals surface area contributed by atoms with Crippen molar-refractivity contribution in [2.24, 2.45) is 0 Å². The molecule has 0 radical (unpaired) electrons. The van der Waals surface area contributed by atoms with E-state index in [1.54, 1.807) is 36.4 Å². The third-order valence-corrected chi connectivity index (χ3v) is 5.68. The summed E-state index contributed by atoms with van der Waals surface area (Å²) in [6, 6.07) is 10.5. The van der Waals surface area contributed by atoms with Gasteiger partial charge in [0, 0.05) is 31.6 Å². The Kier molecular flexibility index (Phi) is 3.60. The maximum Gasteiger partial charge on any atom is 0.197 e. The van der Waals surface area contributed by atoms with Crippen LogP contribution in [0.25, 0.3) is 43.6 Å². The van der Waals surface area contributed by atoms with Crippen molar-refractivity contribution in [1.82, 2.24) is 9.97 Å². The molecule has 0 aliphatic carbocycles. The zero-order valence-electron chi connectivity index (χ0n) is 15.0. The van der Waals surface area contributed by atoms with Gasteiger partial charge in [0.2, 0.25) is 0 Å². The van der Waals surface area contributed by atoms with Crippen LogP contribution in [0, 0.1) is 13.8 Å².